The van der Waals surface area contributed by atoms with Crippen LogP contribution in [0.15, 0.2) is 12.7 Å². The van der Waals surface area contributed by atoms with Gasteiger partial charge in [0.1, 0.15) is 0 Å². The third-order valence-electron chi connectivity index (χ3n) is 0.776. The molecule has 0 radical (unpaired) electrons. The Kier molecular flexibility index (Phi) is 11.6. The Hall–Kier alpha value is -0.870. The molecule has 1 N–H and O–H groups in total. The molecule has 1 unspecified atom stereocenters. The minimum Gasteiger partial charge on any atom is -0.466 e. The van der Waals surface area contributed by atoms with E-state index in [1.54, 1.807) is 6.92 Å². The van der Waals surface area contributed by atoms with Gasteiger partial charge in [-0.2, -0.15) is 0 Å². The average Bonchev–Trinajstić information content (AvgIpc) is 2.04. The molecule has 0 aliphatic carbocycles. The number of carbonyl (C=O) groups is 1. The van der Waals surface area contributed by atoms with Gasteiger partial charge in [0.05, 0.1) is 7.11 Å². The van der Waals surface area contributed by atoms with Gasteiger partial charge in [-0.15, -0.1) is 0 Å². The van der Waals surface area contributed by atoms with Gasteiger partial charge < -0.3 is 14.6 Å². The van der Waals surface area contributed by atoms with Crippen molar-refractivity contribution in [2.75, 3.05) is 13.7 Å². The largest absolute Gasteiger partial charge is 0.466 e. The van der Waals surface area contributed by atoms with Crippen molar-refractivity contribution in [2.45, 2.75) is 20.1 Å². The van der Waals surface area contributed by atoms with Gasteiger partial charge in [-0.05, 0) is 13.8 Å². The summed E-state index contributed by atoms with van der Waals surface area (Å²) in [7, 11) is 1.31. The van der Waals surface area contributed by atoms with Crippen LogP contribution in [0.1, 0.15) is 13.8 Å². The molecule has 0 saturated heterocycles. The van der Waals surface area contributed by atoms with Crippen LogP contribution in [0, 0.1) is 0 Å². The van der Waals surface area contributed by atoms with Gasteiger partial charge in [-0.3, -0.25) is 0 Å². The van der Waals surface area contributed by atoms with E-state index in [9.17, 15) is 4.79 Å². The summed E-state index contributed by atoms with van der Waals surface area (Å²) >= 11 is 0. The average molecular weight is 176 g/mol. The molecule has 0 fully saturated rings. The summed E-state index contributed by atoms with van der Waals surface area (Å²) in [6, 6.07) is 0. The van der Waals surface area contributed by atoms with Crippen LogP contribution in [0.4, 0.5) is 0 Å². The summed E-state index contributed by atoms with van der Waals surface area (Å²) in [5.74, 6) is -0.394. The SMILES string of the molecule is C=CC(=O)OC.CCOC(C)O. The second kappa shape index (κ2) is 10.1. The monoisotopic (exact) mass is 176 g/mol. The molecule has 0 aromatic rings. The topological polar surface area (TPSA) is 55.8 Å². The summed E-state index contributed by atoms with van der Waals surface area (Å²) in [5, 5.41) is 8.33. The van der Waals surface area contributed by atoms with Gasteiger partial charge in [-0.25, -0.2) is 4.79 Å². The fourth-order valence-electron chi connectivity index (χ4n) is 0.325. The highest BCUT2D eigenvalue weighted by molar-refractivity contribution is 5.80. The molecule has 4 nitrogen and oxygen atoms in total. The Bertz CT molecular complexity index is 120. The predicted molar refractivity (Wildman–Crippen MR) is 45.5 cm³/mol. The lowest BCUT2D eigenvalue weighted by molar-refractivity contribution is -0.134. The summed E-state index contributed by atoms with van der Waals surface area (Å²) in [6.07, 6.45) is 0.509. The highest BCUT2D eigenvalue weighted by Crippen LogP contribution is 1.78. The van der Waals surface area contributed by atoms with Crippen LogP contribution in [0.2, 0.25) is 0 Å². The van der Waals surface area contributed by atoms with Crippen molar-refractivity contribution in [2.24, 2.45) is 0 Å². The van der Waals surface area contributed by atoms with Crippen molar-refractivity contribution in [1.29, 1.82) is 0 Å². The number of hydrogen-bond donors (Lipinski definition) is 1. The third kappa shape index (κ3) is 16.1. The van der Waals surface area contributed by atoms with Crippen LogP contribution < -0.4 is 0 Å². The van der Waals surface area contributed by atoms with E-state index in [-0.39, 0.29) is 0 Å². The van der Waals surface area contributed by atoms with Crippen LogP contribution in [-0.4, -0.2) is 31.1 Å². The number of esters is 1. The van der Waals surface area contributed by atoms with Gasteiger partial charge in [0, 0.05) is 12.7 Å². The Morgan fingerprint density at radius 1 is 1.75 bits per heavy atom. The summed E-state index contributed by atoms with van der Waals surface area (Å²) in [4.78, 5) is 9.84. The van der Waals surface area contributed by atoms with E-state index in [2.05, 4.69) is 16.1 Å². The number of methoxy groups -OCH3 is 1. The van der Waals surface area contributed by atoms with E-state index >= 15 is 0 Å². The van der Waals surface area contributed by atoms with Crippen molar-refractivity contribution >= 4 is 5.97 Å². The van der Waals surface area contributed by atoms with Crippen molar-refractivity contribution in [3.63, 3.8) is 0 Å². The molecule has 0 saturated carbocycles. The maximum Gasteiger partial charge on any atom is 0.329 e. The van der Waals surface area contributed by atoms with E-state index in [0.29, 0.717) is 6.61 Å². The highest BCUT2D eigenvalue weighted by atomic mass is 16.6. The second-order valence-electron chi connectivity index (χ2n) is 1.78. The van der Waals surface area contributed by atoms with Crippen molar-refractivity contribution in [3.8, 4) is 0 Å². The summed E-state index contributed by atoms with van der Waals surface area (Å²) in [6.45, 7) is 7.16. The molecule has 0 aliphatic rings. The van der Waals surface area contributed by atoms with E-state index < -0.39 is 12.3 Å². The molecule has 0 aromatic carbocycles. The van der Waals surface area contributed by atoms with E-state index in [1.807, 2.05) is 6.92 Å². The number of aliphatic hydroxyl groups is 1. The molecular weight excluding hydrogens is 160 g/mol. The Morgan fingerprint density at radius 3 is 2.25 bits per heavy atom. The molecule has 0 aromatic heterocycles. The first kappa shape index (κ1) is 13.7. The minimum atomic E-state index is -0.602. The molecule has 0 bridgehead atoms. The number of ether oxygens (including phenoxy) is 2. The van der Waals surface area contributed by atoms with E-state index in [1.165, 1.54) is 7.11 Å². The maximum atomic E-state index is 9.84. The second-order valence-corrected chi connectivity index (χ2v) is 1.78. The van der Waals surface area contributed by atoms with Crippen LogP contribution in [0.5, 0.6) is 0 Å². The van der Waals surface area contributed by atoms with Crippen molar-refractivity contribution < 1.29 is 19.4 Å². The normalized spacial score (nSPS) is 10.7. The van der Waals surface area contributed by atoms with Crippen LogP contribution in [0.25, 0.3) is 0 Å². The maximum absolute atomic E-state index is 9.84. The molecule has 0 spiro atoms. The zero-order chi connectivity index (χ0) is 9.98. The first-order chi connectivity index (χ1) is 5.58. The lowest BCUT2D eigenvalue weighted by Gasteiger charge is -1.99. The van der Waals surface area contributed by atoms with Gasteiger partial charge in [0.2, 0.25) is 0 Å². The number of carbonyl (C=O) groups excluding carboxylic acids is 1. The Labute approximate surface area is 72.8 Å². The number of rotatable bonds is 3. The molecule has 0 amide bonds. The van der Waals surface area contributed by atoms with Gasteiger partial charge in [0.25, 0.3) is 0 Å². The molecule has 0 aliphatic heterocycles. The molecule has 72 valence electrons. The number of aliphatic hydroxyl groups excluding tert-OH is 1. The van der Waals surface area contributed by atoms with Gasteiger partial charge >= 0.3 is 5.97 Å². The van der Waals surface area contributed by atoms with Crippen molar-refractivity contribution in [1.82, 2.24) is 0 Å². The van der Waals surface area contributed by atoms with E-state index in [4.69, 9.17) is 5.11 Å². The molecule has 1 atom stereocenters. The lowest BCUT2D eigenvalue weighted by atomic mass is 10.7. The molecule has 0 rings (SSSR count). The summed E-state index contributed by atoms with van der Waals surface area (Å²) < 4.78 is 8.74. The zero-order valence-electron chi connectivity index (χ0n) is 7.74. The van der Waals surface area contributed by atoms with Crippen molar-refractivity contribution in [3.05, 3.63) is 12.7 Å². The first-order valence-corrected chi connectivity index (χ1v) is 3.58. The smallest absolute Gasteiger partial charge is 0.329 e. The van der Waals surface area contributed by atoms with Crippen LogP contribution >= 0.6 is 0 Å². The molecule has 12 heavy (non-hydrogen) atoms. The number of hydrogen-bond acceptors (Lipinski definition) is 4. The predicted octanol–water partition coefficient (Wildman–Crippen LogP) is 0.707. The quantitative estimate of drug-likeness (QED) is 0.391. The minimum absolute atomic E-state index is 0.394. The molecular formula is C8H16O4. The summed E-state index contributed by atoms with van der Waals surface area (Å²) in [5.41, 5.74) is 0. The third-order valence-corrected chi connectivity index (χ3v) is 0.776. The zero-order valence-corrected chi connectivity index (χ0v) is 7.74. The fourth-order valence-corrected chi connectivity index (χ4v) is 0.325. The Balaban J connectivity index is 0. The standard InChI is InChI=1S/C4H6O2.C4H10O2/c1-3-4(5)6-2;1-3-6-4(2)5/h3H,1H2,2H3;4-5H,3H2,1-2H3. The van der Waals surface area contributed by atoms with Crippen LogP contribution in [-0.2, 0) is 14.3 Å². The van der Waals surface area contributed by atoms with Crippen LogP contribution in [0.3, 0.4) is 0 Å². The molecule has 4 heteroatoms. The lowest BCUT2D eigenvalue weighted by Crippen LogP contribution is -2.04. The highest BCUT2D eigenvalue weighted by Gasteiger charge is 1.85. The van der Waals surface area contributed by atoms with E-state index in [0.717, 1.165) is 6.08 Å². The van der Waals surface area contributed by atoms with Gasteiger partial charge in [-0.1, -0.05) is 6.58 Å². The fraction of sp³-hybridized carbons (Fsp3) is 0.625. The first-order valence-electron chi connectivity index (χ1n) is 3.58. The van der Waals surface area contributed by atoms with Gasteiger partial charge in [0.15, 0.2) is 6.29 Å². The molecule has 0 heterocycles. The Morgan fingerprint density at radius 2 is 2.25 bits per heavy atom.